The van der Waals surface area contributed by atoms with Crippen molar-refractivity contribution in [3.63, 3.8) is 0 Å². The fourth-order valence-electron chi connectivity index (χ4n) is 2.23. The molecular formula is C13H21N3O2. The van der Waals surface area contributed by atoms with Crippen molar-refractivity contribution < 1.29 is 9.47 Å². The molecule has 5 nitrogen and oxygen atoms in total. The minimum absolute atomic E-state index is 0.297. The summed E-state index contributed by atoms with van der Waals surface area (Å²) in [7, 11) is 1.63. The second kappa shape index (κ2) is 6.54. The SMILES string of the molecule is CCCOC1CCCN(c2nccnc2OC)C1. The lowest BCUT2D eigenvalue weighted by molar-refractivity contribution is 0.0438. The summed E-state index contributed by atoms with van der Waals surface area (Å²) < 4.78 is 11.1. The fourth-order valence-corrected chi connectivity index (χ4v) is 2.23. The predicted octanol–water partition coefficient (Wildman–Crippen LogP) is 1.88. The third kappa shape index (κ3) is 3.10. The monoisotopic (exact) mass is 251 g/mol. The highest BCUT2D eigenvalue weighted by atomic mass is 16.5. The predicted molar refractivity (Wildman–Crippen MR) is 70.1 cm³/mol. The molecule has 0 amide bonds. The van der Waals surface area contributed by atoms with Crippen molar-refractivity contribution in [2.45, 2.75) is 32.3 Å². The Morgan fingerprint density at radius 1 is 1.39 bits per heavy atom. The number of aromatic nitrogens is 2. The lowest BCUT2D eigenvalue weighted by Crippen LogP contribution is -2.40. The van der Waals surface area contributed by atoms with Gasteiger partial charge in [-0.1, -0.05) is 6.92 Å². The van der Waals surface area contributed by atoms with E-state index in [4.69, 9.17) is 9.47 Å². The van der Waals surface area contributed by atoms with Gasteiger partial charge in [-0.05, 0) is 19.3 Å². The Bertz CT molecular complexity index is 373. The Labute approximate surface area is 108 Å². The molecule has 18 heavy (non-hydrogen) atoms. The van der Waals surface area contributed by atoms with Gasteiger partial charge in [0.2, 0.25) is 0 Å². The molecule has 100 valence electrons. The molecule has 0 N–H and O–H groups in total. The summed E-state index contributed by atoms with van der Waals surface area (Å²) in [5, 5.41) is 0. The van der Waals surface area contributed by atoms with Gasteiger partial charge >= 0.3 is 0 Å². The maximum absolute atomic E-state index is 5.83. The van der Waals surface area contributed by atoms with E-state index in [2.05, 4.69) is 21.8 Å². The molecule has 2 heterocycles. The fraction of sp³-hybridized carbons (Fsp3) is 0.692. The van der Waals surface area contributed by atoms with Gasteiger partial charge in [0, 0.05) is 32.1 Å². The van der Waals surface area contributed by atoms with Crippen LogP contribution in [-0.4, -0.2) is 42.9 Å². The topological polar surface area (TPSA) is 47.5 Å². The number of hydrogen-bond donors (Lipinski definition) is 0. The summed E-state index contributed by atoms with van der Waals surface area (Å²) in [6.07, 6.45) is 6.95. The number of ether oxygens (including phenoxy) is 2. The lowest BCUT2D eigenvalue weighted by Gasteiger charge is -2.33. The van der Waals surface area contributed by atoms with E-state index in [0.29, 0.717) is 12.0 Å². The first kappa shape index (κ1) is 13.1. The van der Waals surface area contributed by atoms with Crippen molar-refractivity contribution in [1.29, 1.82) is 0 Å². The van der Waals surface area contributed by atoms with Gasteiger partial charge in [-0.2, -0.15) is 0 Å². The Hall–Kier alpha value is -1.36. The number of anilines is 1. The van der Waals surface area contributed by atoms with Crippen molar-refractivity contribution in [1.82, 2.24) is 9.97 Å². The Kier molecular flexibility index (Phi) is 4.75. The average Bonchev–Trinajstić information content (AvgIpc) is 2.45. The molecule has 0 spiro atoms. The molecule has 5 heteroatoms. The summed E-state index contributed by atoms with van der Waals surface area (Å²) in [5.74, 6) is 1.42. The van der Waals surface area contributed by atoms with E-state index < -0.39 is 0 Å². The molecule has 2 rings (SSSR count). The zero-order valence-electron chi connectivity index (χ0n) is 11.1. The van der Waals surface area contributed by atoms with E-state index in [1.54, 1.807) is 19.5 Å². The van der Waals surface area contributed by atoms with Crippen LogP contribution in [0.1, 0.15) is 26.2 Å². The molecule has 0 aromatic carbocycles. The second-order valence-electron chi connectivity index (χ2n) is 4.47. The number of piperidine rings is 1. The highest BCUT2D eigenvalue weighted by molar-refractivity contribution is 5.48. The van der Waals surface area contributed by atoms with Crippen LogP contribution >= 0.6 is 0 Å². The quantitative estimate of drug-likeness (QED) is 0.799. The Morgan fingerprint density at radius 2 is 2.22 bits per heavy atom. The molecule has 1 atom stereocenters. The van der Waals surface area contributed by atoms with Crippen molar-refractivity contribution in [3.8, 4) is 5.88 Å². The average molecular weight is 251 g/mol. The number of methoxy groups -OCH3 is 1. The first-order valence-corrected chi connectivity index (χ1v) is 6.56. The zero-order chi connectivity index (χ0) is 12.8. The second-order valence-corrected chi connectivity index (χ2v) is 4.47. The molecule has 0 bridgehead atoms. The molecule has 1 saturated heterocycles. The molecular weight excluding hydrogens is 230 g/mol. The maximum atomic E-state index is 5.83. The summed E-state index contributed by atoms with van der Waals surface area (Å²) in [5.41, 5.74) is 0. The van der Waals surface area contributed by atoms with Crippen LogP contribution < -0.4 is 9.64 Å². The summed E-state index contributed by atoms with van der Waals surface area (Å²) in [6, 6.07) is 0. The summed E-state index contributed by atoms with van der Waals surface area (Å²) >= 11 is 0. The van der Waals surface area contributed by atoms with E-state index in [-0.39, 0.29) is 0 Å². The lowest BCUT2D eigenvalue weighted by atomic mass is 10.1. The van der Waals surface area contributed by atoms with Gasteiger partial charge in [-0.25, -0.2) is 9.97 Å². The van der Waals surface area contributed by atoms with Crippen molar-refractivity contribution in [2.24, 2.45) is 0 Å². The molecule has 0 radical (unpaired) electrons. The van der Waals surface area contributed by atoms with Crippen LogP contribution in [0.3, 0.4) is 0 Å². The minimum Gasteiger partial charge on any atom is -0.478 e. The summed E-state index contributed by atoms with van der Waals surface area (Å²) in [6.45, 7) is 4.82. The number of hydrogen-bond acceptors (Lipinski definition) is 5. The van der Waals surface area contributed by atoms with Crippen LogP contribution in [0, 0.1) is 0 Å². The van der Waals surface area contributed by atoms with Crippen LogP contribution in [-0.2, 0) is 4.74 Å². The first-order chi connectivity index (χ1) is 8.85. The van der Waals surface area contributed by atoms with E-state index in [0.717, 1.165) is 44.8 Å². The third-order valence-corrected chi connectivity index (χ3v) is 3.08. The van der Waals surface area contributed by atoms with Gasteiger partial charge in [0.25, 0.3) is 5.88 Å². The van der Waals surface area contributed by atoms with Crippen LogP contribution in [0.25, 0.3) is 0 Å². The van der Waals surface area contributed by atoms with Crippen LogP contribution in [0.5, 0.6) is 5.88 Å². The van der Waals surface area contributed by atoms with E-state index in [1.165, 1.54) is 0 Å². The molecule has 1 fully saturated rings. The van der Waals surface area contributed by atoms with Gasteiger partial charge in [-0.15, -0.1) is 0 Å². The Balaban J connectivity index is 2.03. The van der Waals surface area contributed by atoms with E-state index in [9.17, 15) is 0 Å². The van der Waals surface area contributed by atoms with Gasteiger partial charge in [-0.3, -0.25) is 0 Å². The van der Waals surface area contributed by atoms with Gasteiger partial charge in [0.1, 0.15) is 0 Å². The van der Waals surface area contributed by atoms with Crippen molar-refractivity contribution in [2.75, 3.05) is 31.7 Å². The molecule has 0 saturated carbocycles. The largest absolute Gasteiger partial charge is 0.478 e. The molecule has 0 aliphatic carbocycles. The van der Waals surface area contributed by atoms with Gasteiger partial charge < -0.3 is 14.4 Å². The van der Waals surface area contributed by atoms with E-state index >= 15 is 0 Å². The highest BCUT2D eigenvalue weighted by Gasteiger charge is 2.23. The third-order valence-electron chi connectivity index (χ3n) is 3.08. The molecule has 1 aliphatic rings. The Morgan fingerprint density at radius 3 is 3.00 bits per heavy atom. The summed E-state index contributed by atoms with van der Waals surface area (Å²) in [4.78, 5) is 10.8. The molecule has 1 aliphatic heterocycles. The number of rotatable bonds is 5. The molecule has 1 unspecified atom stereocenters. The maximum Gasteiger partial charge on any atom is 0.257 e. The van der Waals surface area contributed by atoms with Crippen LogP contribution in [0.2, 0.25) is 0 Å². The molecule has 1 aromatic heterocycles. The van der Waals surface area contributed by atoms with Gasteiger partial charge in [0.15, 0.2) is 5.82 Å². The zero-order valence-corrected chi connectivity index (χ0v) is 11.1. The smallest absolute Gasteiger partial charge is 0.257 e. The van der Waals surface area contributed by atoms with Crippen molar-refractivity contribution in [3.05, 3.63) is 12.4 Å². The van der Waals surface area contributed by atoms with Crippen LogP contribution in [0.4, 0.5) is 5.82 Å². The van der Waals surface area contributed by atoms with E-state index in [1.807, 2.05) is 0 Å². The molecule has 1 aromatic rings. The minimum atomic E-state index is 0.297. The highest BCUT2D eigenvalue weighted by Crippen LogP contribution is 2.26. The first-order valence-electron chi connectivity index (χ1n) is 6.56. The normalized spacial score (nSPS) is 19.9. The number of nitrogens with zero attached hydrogens (tertiary/aromatic N) is 3. The standard InChI is InChI=1S/C13H21N3O2/c1-3-9-18-11-5-4-8-16(10-11)12-13(17-2)15-7-6-14-12/h6-7,11H,3-5,8-10H2,1-2H3. The van der Waals surface area contributed by atoms with Crippen molar-refractivity contribution >= 4 is 5.82 Å². The van der Waals surface area contributed by atoms with Crippen LogP contribution in [0.15, 0.2) is 12.4 Å². The van der Waals surface area contributed by atoms with Gasteiger partial charge in [0.05, 0.1) is 13.2 Å².